The van der Waals surface area contributed by atoms with Gasteiger partial charge in [0.1, 0.15) is 5.70 Å². The number of pyridine rings is 1. The third-order valence-corrected chi connectivity index (χ3v) is 5.21. The predicted octanol–water partition coefficient (Wildman–Crippen LogP) is 1.71. The molecule has 1 fully saturated rings. The van der Waals surface area contributed by atoms with Crippen LogP contribution < -0.4 is 9.47 Å². The maximum absolute atomic E-state index is 13.4. The Morgan fingerprint density at radius 3 is 2.47 bits per heavy atom. The normalized spacial score (nSPS) is 17.0. The molecule has 0 bridgehead atoms. The molecule has 0 unspecified atom stereocenters. The first kappa shape index (κ1) is 19.9. The van der Waals surface area contributed by atoms with Crippen LogP contribution in [0.2, 0.25) is 0 Å². The Morgan fingerprint density at radius 1 is 1.03 bits per heavy atom. The molecule has 2 amide bonds. The summed E-state index contributed by atoms with van der Waals surface area (Å²) >= 11 is 0. The molecule has 30 heavy (non-hydrogen) atoms. The van der Waals surface area contributed by atoms with Crippen LogP contribution in [0, 0.1) is 0 Å². The fraction of sp³-hybridized carbons (Fsp3) is 0.318. The fourth-order valence-corrected chi connectivity index (χ4v) is 3.71. The first-order valence-electron chi connectivity index (χ1n) is 9.68. The van der Waals surface area contributed by atoms with Crippen molar-refractivity contribution in [2.75, 3.05) is 40.5 Å². The van der Waals surface area contributed by atoms with Gasteiger partial charge in [-0.2, -0.15) is 0 Å². The second-order valence-corrected chi connectivity index (χ2v) is 6.95. The van der Waals surface area contributed by atoms with Crippen LogP contribution in [0.3, 0.4) is 0 Å². The molecule has 0 radical (unpaired) electrons. The van der Waals surface area contributed by atoms with Crippen LogP contribution in [0.5, 0.6) is 11.5 Å². The highest BCUT2D eigenvalue weighted by Crippen LogP contribution is 2.37. The lowest BCUT2D eigenvalue weighted by Gasteiger charge is -2.29. The van der Waals surface area contributed by atoms with Crippen molar-refractivity contribution in [3.05, 3.63) is 59.5 Å². The van der Waals surface area contributed by atoms with Crippen LogP contribution in [0.1, 0.15) is 11.1 Å². The summed E-state index contributed by atoms with van der Waals surface area (Å²) < 4.78 is 16.1. The summed E-state index contributed by atoms with van der Waals surface area (Å²) in [5.41, 5.74) is 2.17. The molecule has 1 aromatic carbocycles. The number of ether oxygens (including phenoxy) is 3. The van der Waals surface area contributed by atoms with Gasteiger partial charge in [0.05, 0.1) is 39.6 Å². The topological polar surface area (TPSA) is 81.2 Å². The standard InChI is InChI=1S/C22H23N3O5/c1-28-17-6-5-16(12-18(17)29-2)19-20(24-8-10-30-11-9-24)22(27)25(21(19)26)14-15-4-3-7-23-13-15/h3-7,12-13H,8-11,14H2,1-2H3. The number of benzene rings is 1. The van der Waals surface area contributed by atoms with Gasteiger partial charge in [-0.3, -0.25) is 19.5 Å². The largest absolute Gasteiger partial charge is 0.493 e. The van der Waals surface area contributed by atoms with E-state index in [1.54, 1.807) is 43.8 Å². The number of methoxy groups -OCH3 is 2. The average Bonchev–Trinajstić information content (AvgIpc) is 3.04. The van der Waals surface area contributed by atoms with E-state index in [0.29, 0.717) is 54.6 Å². The van der Waals surface area contributed by atoms with Crippen molar-refractivity contribution in [3.63, 3.8) is 0 Å². The number of aromatic nitrogens is 1. The van der Waals surface area contributed by atoms with Crippen molar-refractivity contribution in [1.82, 2.24) is 14.8 Å². The molecule has 2 aromatic rings. The van der Waals surface area contributed by atoms with E-state index in [2.05, 4.69) is 4.98 Å². The summed E-state index contributed by atoms with van der Waals surface area (Å²) in [5, 5.41) is 0. The molecule has 0 saturated carbocycles. The summed E-state index contributed by atoms with van der Waals surface area (Å²) in [6, 6.07) is 8.87. The zero-order chi connectivity index (χ0) is 21.1. The number of morpholine rings is 1. The van der Waals surface area contributed by atoms with E-state index >= 15 is 0 Å². The second-order valence-electron chi connectivity index (χ2n) is 6.95. The Bertz CT molecular complexity index is 984. The summed E-state index contributed by atoms with van der Waals surface area (Å²) in [7, 11) is 3.09. The summed E-state index contributed by atoms with van der Waals surface area (Å²) in [6.07, 6.45) is 3.31. The number of nitrogens with zero attached hydrogens (tertiary/aromatic N) is 3. The van der Waals surface area contributed by atoms with Crippen LogP contribution in [-0.2, 0) is 20.9 Å². The van der Waals surface area contributed by atoms with Crippen molar-refractivity contribution in [3.8, 4) is 11.5 Å². The van der Waals surface area contributed by atoms with Gasteiger partial charge in [-0.1, -0.05) is 12.1 Å². The van der Waals surface area contributed by atoms with Crippen molar-refractivity contribution < 1.29 is 23.8 Å². The Hall–Kier alpha value is -3.39. The summed E-state index contributed by atoms with van der Waals surface area (Å²) in [4.78, 5) is 34.1. The van der Waals surface area contributed by atoms with E-state index in [0.717, 1.165) is 5.56 Å². The Labute approximate surface area is 174 Å². The summed E-state index contributed by atoms with van der Waals surface area (Å²) in [6.45, 7) is 2.27. The Morgan fingerprint density at radius 2 is 1.80 bits per heavy atom. The first-order valence-corrected chi connectivity index (χ1v) is 9.68. The smallest absolute Gasteiger partial charge is 0.278 e. The summed E-state index contributed by atoms with van der Waals surface area (Å²) in [5.74, 6) is 0.404. The van der Waals surface area contributed by atoms with E-state index in [1.165, 1.54) is 12.0 Å². The molecule has 8 nitrogen and oxygen atoms in total. The third kappa shape index (κ3) is 3.61. The molecule has 0 N–H and O–H groups in total. The van der Waals surface area contributed by atoms with E-state index in [4.69, 9.17) is 14.2 Å². The minimum atomic E-state index is -0.336. The van der Waals surface area contributed by atoms with Crippen LogP contribution in [0.4, 0.5) is 0 Å². The highest BCUT2D eigenvalue weighted by atomic mass is 16.5. The molecule has 1 saturated heterocycles. The van der Waals surface area contributed by atoms with E-state index in [1.807, 2.05) is 11.0 Å². The lowest BCUT2D eigenvalue weighted by atomic mass is 10.0. The van der Waals surface area contributed by atoms with E-state index < -0.39 is 0 Å². The van der Waals surface area contributed by atoms with Gasteiger partial charge in [0.15, 0.2) is 11.5 Å². The molecule has 156 valence electrons. The van der Waals surface area contributed by atoms with Gasteiger partial charge in [-0.15, -0.1) is 0 Å². The second kappa shape index (κ2) is 8.54. The minimum absolute atomic E-state index is 0.163. The van der Waals surface area contributed by atoms with Gasteiger partial charge in [0.25, 0.3) is 11.8 Å². The minimum Gasteiger partial charge on any atom is -0.493 e. The number of carbonyl (C=O) groups excluding carboxylic acids is 2. The maximum Gasteiger partial charge on any atom is 0.278 e. The number of amides is 2. The number of hydrogen-bond donors (Lipinski definition) is 0. The third-order valence-electron chi connectivity index (χ3n) is 5.21. The zero-order valence-corrected chi connectivity index (χ0v) is 17.0. The molecule has 0 spiro atoms. The van der Waals surface area contributed by atoms with Gasteiger partial charge in [-0.05, 0) is 29.3 Å². The Kier molecular flexibility index (Phi) is 5.67. The van der Waals surface area contributed by atoms with Crippen molar-refractivity contribution in [2.45, 2.75) is 6.54 Å². The lowest BCUT2D eigenvalue weighted by Crippen LogP contribution is -2.40. The van der Waals surface area contributed by atoms with Gasteiger partial charge < -0.3 is 19.1 Å². The van der Waals surface area contributed by atoms with Crippen LogP contribution in [-0.4, -0.2) is 67.1 Å². The quantitative estimate of drug-likeness (QED) is 0.672. The zero-order valence-electron chi connectivity index (χ0n) is 17.0. The first-order chi connectivity index (χ1) is 14.6. The molecular weight excluding hydrogens is 386 g/mol. The fourth-order valence-electron chi connectivity index (χ4n) is 3.71. The average molecular weight is 409 g/mol. The number of imide groups is 1. The highest BCUT2D eigenvalue weighted by Gasteiger charge is 2.42. The Balaban J connectivity index is 1.77. The van der Waals surface area contributed by atoms with Gasteiger partial charge in [0.2, 0.25) is 0 Å². The number of carbonyl (C=O) groups is 2. The van der Waals surface area contributed by atoms with Crippen LogP contribution in [0.15, 0.2) is 48.4 Å². The number of hydrogen-bond acceptors (Lipinski definition) is 7. The van der Waals surface area contributed by atoms with Gasteiger partial charge >= 0.3 is 0 Å². The van der Waals surface area contributed by atoms with E-state index in [9.17, 15) is 9.59 Å². The molecule has 0 atom stereocenters. The van der Waals surface area contributed by atoms with Gasteiger partial charge in [0, 0.05) is 25.5 Å². The molecule has 0 aliphatic carbocycles. The van der Waals surface area contributed by atoms with Crippen LogP contribution in [0.25, 0.3) is 5.57 Å². The molecule has 4 rings (SSSR count). The molecule has 1 aromatic heterocycles. The molecular formula is C22H23N3O5. The lowest BCUT2D eigenvalue weighted by molar-refractivity contribution is -0.138. The van der Waals surface area contributed by atoms with Crippen molar-refractivity contribution >= 4 is 17.4 Å². The van der Waals surface area contributed by atoms with E-state index in [-0.39, 0.29) is 18.4 Å². The monoisotopic (exact) mass is 409 g/mol. The molecule has 2 aliphatic heterocycles. The highest BCUT2D eigenvalue weighted by molar-refractivity contribution is 6.35. The maximum atomic E-state index is 13.4. The SMILES string of the molecule is COc1ccc(C2=C(N3CCOCC3)C(=O)N(Cc3cccnc3)C2=O)cc1OC. The molecule has 8 heteroatoms. The van der Waals surface area contributed by atoms with Crippen molar-refractivity contribution in [1.29, 1.82) is 0 Å². The van der Waals surface area contributed by atoms with Gasteiger partial charge in [-0.25, -0.2) is 0 Å². The predicted molar refractivity (Wildman–Crippen MR) is 109 cm³/mol. The number of rotatable bonds is 6. The van der Waals surface area contributed by atoms with Crippen LogP contribution >= 0.6 is 0 Å². The molecule has 3 heterocycles. The molecule has 2 aliphatic rings. The van der Waals surface area contributed by atoms with Crippen molar-refractivity contribution in [2.24, 2.45) is 0 Å².